The SMILES string of the molecule is NC(Cc1ccc(Cl)c(F)c1)c1ccc(F)cc1Cl. The van der Waals surface area contributed by atoms with E-state index in [1.165, 1.54) is 30.3 Å². The van der Waals surface area contributed by atoms with Gasteiger partial charge >= 0.3 is 0 Å². The highest BCUT2D eigenvalue weighted by atomic mass is 35.5. The van der Waals surface area contributed by atoms with Gasteiger partial charge in [0, 0.05) is 11.1 Å². The number of benzene rings is 2. The maximum atomic E-state index is 13.3. The Hall–Kier alpha value is -1.16. The predicted molar refractivity (Wildman–Crippen MR) is 73.5 cm³/mol. The zero-order valence-electron chi connectivity index (χ0n) is 9.84. The van der Waals surface area contributed by atoms with Gasteiger partial charge in [-0.05, 0) is 41.8 Å². The molecule has 0 saturated heterocycles. The van der Waals surface area contributed by atoms with Gasteiger partial charge in [-0.1, -0.05) is 35.3 Å². The van der Waals surface area contributed by atoms with Crippen LogP contribution in [0.2, 0.25) is 10.0 Å². The van der Waals surface area contributed by atoms with Crippen LogP contribution < -0.4 is 5.73 Å². The summed E-state index contributed by atoms with van der Waals surface area (Å²) in [6.07, 6.45) is 0.388. The van der Waals surface area contributed by atoms with Gasteiger partial charge in [0.15, 0.2) is 0 Å². The predicted octanol–water partition coefficient (Wildman–Crippen LogP) is 4.51. The molecule has 2 N–H and O–H groups in total. The summed E-state index contributed by atoms with van der Waals surface area (Å²) in [4.78, 5) is 0. The third-order valence-electron chi connectivity index (χ3n) is 2.80. The van der Waals surface area contributed by atoms with Crippen molar-refractivity contribution in [2.24, 2.45) is 5.73 Å². The molecule has 100 valence electrons. The van der Waals surface area contributed by atoms with Crippen LogP contribution in [-0.2, 0) is 6.42 Å². The van der Waals surface area contributed by atoms with E-state index in [4.69, 9.17) is 28.9 Å². The summed E-state index contributed by atoms with van der Waals surface area (Å²) < 4.78 is 26.3. The zero-order valence-corrected chi connectivity index (χ0v) is 11.3. The molecule has 0 fully saturated rings. The summed E-state index contributed by atoms with van der Waals surface area (Å²) in [6, 6.07) is 8.11. The molecule has 2 aromatic carbocycles. The van der Waals surface area contributed by atoms with Crippen molar-refractivity contribution in [3.63, 3.8) is 0 Å². The molecule has 1 atom stereocenters. The van der Waals surface area contributed by atoms with Crippen molar-refractivity contribution in [2.45, 2.75) is 12.5 Å². The van der Waals surface area contributed by atoms with E-state index in [2.05, 4.69) is 0 Å². The molecule has 0 saturated carbocycles. The van der Waals surface area contributed by atoms with Crippen molar-refractivity contribution in [3.8, 4) is 0 Å². The Kier molecular flexibility index (Phi) is 4.40. The van der Waals surface area contributed by atoms with E-state index in [1.54, 1.807) is 6.07 Å². The molecule has 1 unspecified atom stereocenters. The molecule has 0 amide bonds. The van der Waals surface area contributed by atoms with Crippen molar-refractivity contribution >= 4 is 23.2 Å². The van der Waals surface area contributed by atoms with Gasteiger partial charge in [-0.3, -0.25) is 0 Å². The maximum absolute atomic E-state index is 13.3. The highest BCUT2D eigenvalue weighted by Gasteiger charge is 2.12. The first-order valence-corrected chi connectivity index (χ1v) is 6.37. The highest BCUT2D eigenvalue weighted by Crippen LogP contribution is 2.26. The molecule has 0 aliphatic carbocycles. The van der Waals surface area contributed by atoms with Crippen LogP contribution in [0.25, 0.3) is 0 Å². The van der Waals surface area contributed by atoms with Crippen LogP contribution in [0.5, 0.6) is 0 Å². The van der Waals surface area contributed by atoms with E-state index in [0.717, 1.165) is 0 Å². The lowest BCUT2D eigenvalue weighted by Gasteiger charge is -2.14. The van der Waals surface area contributed by atoms with Crippen LogP contribution in [0.15, 0.2) is 36.4 Å². The lowest BCUT2D eigenvalue weighted by Crippen LogP contribution is -2.14. The quantitative estimate of drug-likeness (QED) is 0.886. The third-order valence-corrected chi connectivity index (χ3v) is 3.44. The van der Waals surface area contributed by atoms with Crippen molar-refractivity contribution < 1.29 is 8.78 Å². The second-order valence-electron chi connectivity index (χ2n) is 4.22. The molecule has 0 spiro atoms. The lowest BCUT2D eigenvalue weighted by molar-refractivity contribution is 0.620. The standard InChI is InChI=1S/C14H11Cl2F2N/c15-11-4-1-8(5-13(11)18)6-14(19)10-3-2-9(17)7-12(10)16/h1-5,7,14H,6,19H2. The summed E-state index contributed by atoms with van der Waals surface area (Å²) in [7, 11) is 0. The molecule has 0 aliphatic rings. The van der Waals surface area contributed by atoms with Gasteiger partial charge < -0.3 is 5.73 Å². The van der Waals surface area contributed by atoms with Gasteiger partial charge in [0.05, 0.1) is 5.02 Å². The second kappa shape index (κ2) is 5.87. The van der Waals surface area contributed by atoms with Gasteiger partial charge in [-0.15, -0.1) is 0 Å². The molecular weight excluding hydrogens is 291 g/mol. The van der Waals surface area contributed by atoms with Gasteiger partial charge in [0.1, 0.15) is 11.6 Å². The fraction of sp³-hybridized carbons (Fsp3) is 0.143. The van der Waals surface area contributed by atoms with Crippen molar-refractivity contribution in [2.75, 3.05) is 0 Å². The molecule has 0 aliphatic heterocycles. The largest absolute Gasteiger partial charge is 0.324 e. The van der Waals surface area contributed by atoms with Crippen LogP contribution in [0.4, 0.5) is 8.78 Å². The molecule has 19 heavy (non-hydrogen) atoms. The van der Waals surface area contributed by atoms with E-state index in [0.29, 0.717) is 17.5 Å². The van der Waals surface area contributed by atoms with E-state index in [9.17, 15) is 8.78 Å². The molecule has 5 heteroatoms. The first kappa shape index (κ1) is 14.3. The van der Waals surface area contributed by atoms with Crippen LogP contribution in [0, 0.1) is 11.6 Å². The number of halogens is 4. The van der Waals surface area contributed by atoms with E-state index in [1.807, 2.05) is 0 Å². The van der Waals surface area contributed by atoms with Crippen molar-refractivity contribution in [3.05, 3.63) is 69.2 Å². The number of hydrogen-bond donors (Lipinski definition) is 1. The zero-order chi connectivity index (χ0) is 14.0. The smallest absolute Gasteiger partial charge is 0.142 e. The molecule has 0 heterocycles. The van der Waals surface area contributed by atoms with Crippen LogP contribution in [0.3, 0.4) is 0 Å². The Morgan fingerprint density at radius 2 is 1.74 bits per heavy atom. The Bertz CT molecular complexity index is 602. The van der Waals surface area contributed by atoms with Crippen LogP contribution >= 0.6 is 23.2 Å². The minimum Gasteiger partial charge on any atom is -0.324 e. The summed E-state index contributed by atoms with van der Waals surface area (Å²) >= 11 is 11.5. The number of nitrogens with two attached hydrogens (primary N) is 1. The van der Waals surface area contributed by atoms with Crippen LogP contribution in [0.1, 0.15) is 17.2 Å². The summed E-state index contributed by atoms with van der Waals surface area (Å²) in [5.41, 5.74) is 7.33. The molecule has 2 rings (SSSR count). The first-order valence-electron chi connectivity index (χ1n) is 5.62. The fourth-order valence-corrected chi connectivity index (χ4v) is 2.26. The first-order chi connectivity index (χ1) is 8.97. The average molecular weight is 302 g/mol. The van der Waals surface area contributed by atoms with Crippen molar-refractivity contribution in [1.29, 1.82) is 0 Å². The second-order valence-corrected chi connectivity index (χ2v) is 5.04. The summed E-state index contributed by atoms with van der Waals surface area (Å²) in [5.74, 6) is -0.907. The third kappa shape index (κ3) is 3.44. The van der Waals surface area contributed by atoms with Gasteiger partial charge in [0.25, 0.3) is 0 Å². The highest BCUT2D eigenvalue weighted by molar-refractivity contribution is 6.31. The van der Waals surface area contributed by atoms with Crippen LogP contribution in [-0.4, -0.2) is 0 Å². The molecule has 0 radical (unpaired) electrons. The summed E-state index contributed by atoms with van der Waals surface area (Å²) in [6.45, 7) is 0. The minimum atomic E-state index is -0.489. The van der Waals surface area contributed by atoms with Crippen molar-refractivity contribution in [1.82, 2.24) is 0 Å². The molecule has 1 nitrogen and oxygen atoms in total. The minimum absolute atomic E-state index is 0.0668. The maximum Gasteiger partial charge on any atom is 0.142 e. The van der Waals surface area contributed by atoms with E-state index >= 15 is 0 Å². The van der Waals surface area contributed by atoms with Gasteiger partial charge in [-0.25, -0.2) is 8.78 Å². The molecule has 0 aromatic heterocycles. The Morgan fingerprint density at radius 1 is 1.00 bits per heavy atom. The molecule has 0 bridgehead atoms. The van der Waals surface area contributed by atoms with E-state index < -0.39 is 17.7 Å². The fourth-order valence-electron chi connectivity index (χ4n) is 1.83. The number of rotatable bonds is 3. The van der Waals surface area contributed by atoms with E-state index in [-0.39, 0.29) is 10.0 Å². The van der Waals surface area contributed by atoms with Gasteiger partial charge in [-0.2, -0.15) is 0 Å². The topological polar surface area (TPSA) is 26.0 Å². The Labute approximate surface area is 119 Å². The Morgan fingerprint density at radius 3 is 2.37 bits per heavy atom. The number of hydrogen-bond acceptors (Lipinski definition) is 1. The summed E-state index contributed by atoms with van der Waals surface area (Å²) in [5, 5.41) is 0.332. The lowest BCUT2D eigenvalue weighted by atomic mass is 9.99. The average Bonchev–Trinajstić information content (AvgIpc) is 2.33. The Balaban J connectivity index is 2.20. The normalized spacial score (nSPS) is 12.5. The molecular formula is C14H11Cl2F2N. The van der Waals surface area contributed by atoms with Gasteiger partial charge in [0.2, 0.25) is 0 Å². The molecule has 2 aromatic rings. The monoisotopic (exact) mass is 301 g/mol.